The Labute approximate surface area is 210 Å². The number of benzene rings is 1. The standard InChI is InChI=1S/C25H33N3O8/c1-7-8-12-35-24(30)21(14(2)3)27-25(31)36-22-16(5)26-15(4)19(23(29)34-6)20(22)17-10-9-11-18(13-17)28(32)33/h9-11,13-14,20-21,26H,7-8,12H2,1-6H3,(H,27,31)/t20-,21+/m1/s1. The first kappa shape index (κ1) is 28.3. The van der Waals surface area contributed by atoms with Crippen LogP contribution in [0.25, 0.3) is 0 Å². The largest absolute Gasteiger partial charge is 0.466 e. The molecular formula is C25H33N3O8. The highest BCUT2D eigenvalue weighted by Crippen LogP contribution is 2.40. The Morgan fingerprint density at radius 1 is 1.19 bits per heavy atom. The molecule has 1 aromatic rings. The zero-order chi connectivity index (χ0) is 27.0. The number of unbranched alkanes of at least 4 members (excludes halogenated alkanes) is 1. The van der Waals surface area contributed by atoms with Gasteiger partial charge in [0, 0.05) is 17.8 Å². The maximum atomic E-state index is 12.9. The van der Waals surface area contributed by atoms with Crippen molar-refractivity contribution in [3.05, 3.63) is 62.7 Å². The van der Waals surface area contributed by atoms with Crippen LogP contribution in [0.15, 0.2) is 47.0 Å². The predicted octanol–water partition coefficient (Wildman–Crippen LogP) is 4.05. The molecule has 2 rings (SSSR count). The molecule has 0 radical (unpaired) electrons. The Hall–Kier alpha value is -3.89. The summed E-state index contributed by atoms with van der Waals surface area (Å²) >= 11 is 0. The molecule has 0 saturated heterocycles. The van der Waals surface area contributed by atoms with E-state index in [0.717, 1.165) is 6.42 Å². The quantitative estimate of drug-likeness (QED) is 0.159. The van der Waals surface area contributed by atoms with Crippen molar-refractivity contribution in [3.63, 3.8) is 0 Å². The van der Waals surface area contributed by atoms with Gasteiger partial charge in [-0.1, -0.05) is 39.3 Å². The summed E-state index contributed by atoms with van der Waals surface area (Å²) in [5.74, 6) is -2.49. The molecule has 1 aliphatic rings. The maximum Gasteiger partial charge on any atom is 0.413 e. The van der Waals surface area contributed by atoms with Gasteiger partial charge in [0.25, 0.3) is 5.69 Å². The van der Waals surface area contributed by atoms with E-state index in [1.54, 1.807) is 33.8 Å². The number of dihydropyridines is 1. The molecule has 36 heavy (non-hydrogen) atoms. The SMILES string of the molecule is CCCCOC(=O)[C@@H](NC(=O)OC1=C(C)NC(C)=C(C(=O)OC)[C@H]1c1cccc([N+](=O)[O-])c1)C(C)C. The molecular weight excluding hydrogens is 470 g/mol. The molecule has 0 aromatic heterocycles. The zero-order valence-electron chi connectivity index (χ0n) is 21.4. The molecule has 2 N–H and O–H groups in total. The van der Waals surface area contributed by atoms with E-state index < -0.39 is 34.9 Å². The monoisotopic (exact) mass is 503 g/mol. The molecule has 196 valence electrons. The number of rotatable bonds is 10. The first-order chi connectivity index (χ1) is 17.0. The number of carbonyl (C=O) groups is 3. The number of allylic oxidation sites excluding steroid dienone is 3. The van der Waals surface area contributed by atoms with Crippen molar-refractivity contribution in [1.29, 1.82) is 0 Å². The number of carbonyl (C=O) groups excluding carboxylic acids is 3. The van der Waals surface area contributed by atoms with E-state index >= 15 is 0 Å². The van der Waals surface area contributed by atoms with E-state index in [9.17, 15) is 24.5 Å². The number of ether oxygens (including phenoxy) is 3. The number of nitro groups is 1. The number of amides is 1. The molecule has 11 heteroatoms. The molecule has 1 amide bonds. The topological polar surface area (TPSA) is 146 Å². The van der Waals surface area contributed by atoms with E-state index in [0.29, 0.717) is 23.4 Å². The van der Waals surface area contributed by atoms with Gasteiger partial charge in [-0.05, 0) is 31.7 Å². The number of methoxy groups -OCH3 is 1. The Morgan fingerprint density at radius 2 is 1.89 bits per heavy atom. The van der Waals surface area contributed by atoms with Crippen LogP contribution in [0.1, 0.15) is 58.9 Å². The fourth-order valence-electron chi connectivity index (χ4n) is 3.79. The smallest absolute Gasteiger partial charge is 0.413 e. The van der Waals surface area contributed by atoms with Crippen LogP contribution in [0.2, 0.25) is 0 Å². The van der Waals surface area contributed by atoms with Gasteiger partial charge in [0.15, 0.2) is 0 Å². The average molecular weight is 504 g/mol. The summed E-state index contributed by atoms with van der Waals surface area (Å²) in [5, 5.41) is 16.9. The van der Waals surface area contributed by atoms with E-state index in [4.69, 9.17) is 14.2 Å². The fraction of sp³-hybridized carbons (Fsp3) is 0.480. The third-order valence-electron chi connectivity index (χ3n) is 5.66. The van der Waals surface area contributed by atoms with Gasteiger partial charge in [-0.2, -0.15) is 0 Å². The highest BCUT2D eigenvalue weighted by molar-refractivity contribution is 5.92. The number of non-ortho nitro benzene ring substituents is 1. The van der Waals surface area contributed by atoms with Crippen molar-refractivity contribution < 1.29 is 33.5 Å². The lowest BCUT2D eigenvalue weighted by atomic mass is 9.85. The van der Waals surface area contributed by atoms with Crippen LogP contribution in [0.5, 0.6) is 0 Å². The van der Waals surface area contributed by atoms with Crippen LogP contribution < -0.4 is 10.6 Å². The van der Waals surface area contributed by atoms with Crippen molar-refractivity contribution in [2.75, 3.05) is 13.7 Å². The molecule has 0 unspecified atom stereocenters. The van der Waals surface area contributed by atoms with Gasteiger partial charge >= 0.3 is 18.0 Å². The minimum atomic E-state index is -0.974. The Bertz CT molecular complexity index is 1080. The molecule has 1 heterocycles. The van der Waals surface area contributed by atoms with E-state index in [1.165, 1.54) is 25.3 Å². The number of nitrogens with one attached hydrogen (secondary N) is 2. The van der Waals surface area contributed by atoms with Crippen LogP contribution in [-0.4, -0.2) is 42.7 Å². The Balaban J connectivity index is 2.42. The summed E-state index contributed by atoms with van der Waals surface area (Å²) in [6, 6.07) is 4.74. The van der Waals surface area contributed by atoms with Crippen molar-refractivity contribution in [2.45, 2.75) is 59.4 Å². The molecule has 0 spiro atoms. The minimum Gasteiger partial charge on any atom is -0.466 e. The van der Waals surface area contributed by atoms with Crippen LogP contribution in [-0.2, 0) is 23.8 Å². The zero-order valence-corrected chi connectivity index (χ0v) is 21.4. The average Bonchev–Trinajstić information content (AvgIpc) is 2.83. The molecule has 0 fully saturated rings. The molecule has 1 aromatic carbocycles. The van der Waals surface area contributed by atoms with E-state index in [2.05, 4.69) is 10.6 Å². The van der Waals surface area contributed by atoms with Crippen LogP contribution >= 0.6 is 0 Å². The first-order valence-electron chi connectivity index (χ1n) is 11.7. The second-order valence-corrected chi connectivity index (χ2v) is 8.71. The molecule has 0 saturated carbocycles. The third kappa shape index (κ3) is 6.83. The first-order valence-corrected chi connectivity index (χ1v) is 11.7. The van der Waals surface area contributed by atoms with Gasteiger partial charge in [0.1, 0.15) is 11.8 Å². The van der Waals surface area contributed by atoms with Crippen LogP contribution in [0.4, 0.5) is 10.5 Å². The van der Waals surface area contributed by atoms with Crippen molar-refractivity contribution >= 4 is 23.7 Å². The maximum absolute atomic E-state index is 12.9. The summed E-state index contributed by atoms with van der Waals surface area (Å²) in [7, 11) is 1.21. The van der Waals surface area contributed by atoms with Gasteiger partial charge < -0.3 is 24.8 Å². The highest BCUT2D eigenvalue weighted by Gasteiger charge is 2.37. The lowest BCUT2D eigenvalue weighted by Gasteiger charge is -2.30. The number of nitrogens with zero attached hydrogens (tertiary/aromatic N) is 1. The van der Waals surface area contributed by atoms with Gasteiger partial charge in [-0.3, -0.25) is 10.1 Å². The number of alkyl carbamates (subject to hydrolysis) is 1. The van der Waals surface area contributed by atoms with E-state index in [1.807, 2.05) is 6.92 Å². The lowest BCUT2D eigenvalue weighted by molar-refractivity contribution is -0.384. The number of hydrogen-bond acceptors (Lipinski definition) is 9. The lowest BCUT2D eigenvalue weighted by Crippen LogP contribution is -2.46. The normalized spacial score (nSPS) is 16.2. The van der Waals surface area contributed by atoms with Crippen molar-refractivity contribution in [1.82, 2.24) is 10.6 Å². The number of hydrogen-bond donors (Lipinski definition) is 2. The minimum absolute atomic E-state index is 0.0425. The highest BCUT2D eigenvalue weighted by atomic mass is 16.6. The second kappa shape index (κ2) is 12.7. The number of esters is 2. The van der Waals surface area contributed by atoms with Gasteiger partial charge in [-0.25, -0.2) is 14.4 Å². The molecule has 11 nitrogen and oxygen atoms in total. The van der Waals surface area contributed by atoms with Gasteiger partial charge in [0.2, 0.25) is 0 Å². The van der Waals surface area contributed by atoms with Crippen LogP contribution in [0.3, 0.4) is 0 Å². The molecule has 0 aliphatic carbocycles. The Morgan fingerprint density at radius 3 is 2.47 bits per heavy atom. The van der Waals surface area contributed by atoms with E-state index in [-0.39, 0.29) is 29.5 Å². The molecule has 0 bridgehead atoms. The molecule has 2 atom stereocenters. The third-order valence-corrected chi connectivity index (χ3v) is 5.66. The second-order valence-electron chi connectivity index (χ2n) is 8.71. The van der Waals surface area contributed by atoms with Crippen molar-refractivity contribution in [3.8, 4) is 0 Å². The predicted molar refractivity (Wildman–Crippen MR) is 130 cm³/mol. The summed E-state index contributed by atoms with van der Waals surface area (Å²) < 4.78 is 15.8. The Kier molecular flexibility index (Phi) is 10.0. The summed E-state index contributed by atoms with van der Waals surface area (Å²) in [4.78, 5) is 49.0. The summed E-state index contributed by atoms with van der Waals surface area (Å²) in [5.41, 5.74) is 1.16. The molecule has 1 aliphatic heterocycles. The van der Waals surface area contributed by atoms with Crippen molar-refractivity contribution in [2.24, 2.45) is 5.92 Å². The fourth-order valence-corrected chi connectivity index (χ4v) is 3.79. The summed E-state index contributed by atoms with van der Waals surface area (Å²) in [6.45, 7) is 9.01. The number of nitro benzene ring substituents is 1. The van der Waals surface area contributed by atoms with Gasteiger partial charge in [-0.15, -0.1) is 0 Å². The van der Waals surface area contributed by atoms with Gasteiger partial charge in [0.05, 0.1) is 35.8 Å². The summed E-state index contributed by atoms with van der Waals surface area (Å²) in [6.07, 6.45) is 0.617. The van der Waals surface area contributed by atoms with Crippen LogP contribution in [0, 0.1) is 16.0 Å².